The number of piperazine rings is 1. The Balaban J connectivity index is 1.35. The van der Waals surface area contributed by atoms with Crippen molar-refractivity contribution in [1.29, 1.82) is 0 Å². The highest BCUT2D eigenvalue weighted by Crippen LogP contribution is 2.19. The van der Waals surface area contributed by atoms with Gasteiger partial charge in [0.25, 0.3) is 11.8 Å². The van der Waals surface area contributed by atoms with Gasteiger partial charge in [-0.2, -0.15) is 0 Å². The van der Waals surface area contributed by atoms with Crippen LogP contribution in [0.3, 0.4) is 0 Å². The molecular formula is C23H21ClN2O4. The number of carbonyl (C=O) groups excluding carboxylic acids is 2. The fraction of sp³-hybridized carbons (Fsp3) is 0.217. The van der Waals surface area contributed by atoms with Crippen molar-refractivity contribution >= 4 is 23.4 Å². The first-order chi connectivity index (χ1) is 14.6. The Morgan fingerprint density at radius 1 is 0.867 bits per heavy atom. The molecule has 1 saturated heterocycles. The van der Waals surface area contributed by atoms with Crippen LogP contribution < -0.4 is 4.74 Å². The molecule has 6 nitrogen and oxygen atoms in total. The number of rotatable bonds is 5. The molecule has 0 saturated carbocycles. The maximum atomic E-state index is 12.9. The number of amides is 2. The monoisotopic (exact) mass is 424 g/mol. The van der Waals surface area contributed by atoms with Gasteiger partial charge in [0.1, 0.15) is 12.4 Å². The minimum absolute atomic E-state index is 0.0614. The van der Waals surface area contributed by atoms with Gasteiger partial charge < -0.3 is 19.0 Å². The second-order valence-electron chi connectivity index (χ2n) is 6.97. The van der Waals surface area contributed by atoms with Gasteiger partial charge in [-0.15, -0.1) is 0 Å². The zero-order chi connectivity index (χ0) is 20.9. The molecule has 3 aromatic rings. The molecule has 30 heavy (non-hydrogen) atoms. The summed E-state index contributed by atoms with van der Waals surface area (Å²) < 4.78 is 11.2. The van der Waals surface area contributed by atoms with E-state index < -0.39 is 0 Å². The summed E-state index contributed by atoms with van der Waals surface area (Å²) in [7, 11) is 0. The third-order valence-electron chi connectivity index (χ3n) is 5.02. The molecular weight excluding hydrogens is 404 g/mol. The molecule has 154 valence electrons. The van der Waals surface area contributed by atoms with Crippen molar-refractivity contribution in [2.75, 3.05) is 26.2 Å². The summed E-state index contributed by atoms with van der Waals surface area (Å²) in [6, 6.07) is 18.0. The van der Waals surface area contributed by atoms with Gasteiger partial charge in [-0.25, -0.2) is 0 Å². The zero-order valence-electron chi connectivity index (χ0n) is 16.3. The second kappa shape index (κ2) is 9.05. The molecule has 7 heteroatoms. The van der Waals surface area contributed by atoms with E-state index in [4.69, 9.17) is 20.8 Å². The highest BCUT2D eigenvalue weighted by molar-refractivity contribution is 6.30. The maximum Gasteiger partial charge on any atom is 0.290 e. The summed E-state index contributed by atoms with van der Waals surface area (Å²) in [5.41, 5.74) is 1.29. The Hall–Kier alpha value is -3.25. The molecule has 0 bridgehead atoms. The largest absolute Gasteiger partial charge is 0.489 e. The van der Waals surface area contributed by atoms with Crippen LogP contribution in [0.15, 0.2) is 71.3 Å². The molecule has 1 aliphatic heterocycles. The van der Waals surface area contributed by atoms with E-state index in [0.29, 0.717) is 42.3 Å². The van der Waals surface area contributed by atoms with Gasteiger partial charge in [0.2, 0.25) is 0 Å². The Morgan fingerprint density at radius 2 is 1.50 bits per heavy atom. The highest BCUT2D eigenvalue weighted by Gasteiger charge is 2.28. The molecule has 2 aromatic carbocycles. The van der Waals surface area contributed by atoms with Crippen LogP contribution in [0.25, 0.3) is 0 Å². The molecule has 1 aromatic heterocycles. The molecule has 0 atom stereocenters. The summed E-state index contributed by atoms with van der Waals surface area (Å²) in [6.45, 7) is 2.06. The highest BCUT2D eigenvalue weighted by atomic mass is 35.5. The van der Waals surface area contributed by atoms with E-state index in [1.165, 1.54) is 6.26 Å². The third kappa shape index (κ3) is 4.49. The summed E-state index contributed by atoms with van der Waals surface area (Å²) >= 11 is 5.89. The molecule has 0 N–H and O–H groups in total. The maximum absolute atomic E-state index is 12.9. The van der Waals surface area contributed by atoms with Crippen molar-refractivity contribution in [1.82, 2.24) is 9.80 Å². The predicted molar refractivity (Wildman–Crippen MR) is 113 cm³/mol. The van der Waals surface area contributed by atoms with E-state index in [9.17, 15) is 9.59 Å². The van der Waals surface area contributed by atoms with Crippen LogP contribution in [-0.4, -0.2) is 47.8 Å². The molecule has 0 aliphatic carbocycles. The molecule has 0 spiro atoms. The van der Waals surface area contributed by atoms with Gasteiger partial charge in [0.05, 0.1) is 6.26 Å². The minimum Gasteiger partial charge on any atom is -0.489 e. The van der Waals surface area contributed by atoms with Crippen molar-refractivity contribution in [3.8, 4) is 5.75 Å². The quantitative estimate of drug-likeness (QED) is 0.618. The van der Waals surface area contributed by atoms with Crippen molar-refractivity contribution in [3.05, 3.63) is 88.8 Å². The van der Waals surface area contributed by atoms with Crippen LogP contribution in [0.1, 0.15) is 26.5 Å². The minimum atomic E-state index is -0.190. The number of ether oxygens (including phenoxy) is 1. The Morgan fingerprint density at radius 3 is 2.17 bits per heavy atom. The molecule has 0 radical (unpaired) electrons. The van der Waals surface area contributed by atoms with Gasteiger partial charge in [-0.1, -0.05) is 29.8 Å². The van der Waals surface area contributed by atoms with Crippen molar-refractivity contribution in [3.63, 3.8) is 0 Å². The number of nitrogens with zero attached hydrogens (tertiary/aromatic N) is 2. The first kappa shape index (κ1) is 20.0. The molecule has 1 aliphatic rings. The van der Waals surface area contributed by atoms with Crippen LogP contribution in [-0.2, 0) is 6.61 Å². The number of furan rings is 1. The number of halogens is 1. The first-order valence-corrected chi connectivity index (χ1v) is 10.1. The third-order valence-corrected chi connectivity index (χ3v) is 5.28. The fourth-order valence-electron chi connectivity index (χ4n) is 3.35. The lowest BCUT2D eigenvalue weighted by atomic mass is 10.1. The Kier molecular flexibility index (Phi) is 6.05. The Labute approximate surface area is 179 Å². The van der Waals surface area contributed by atoms with Crippen molar-refractivity contribution in [2.45, 2.75) is 6.61 Å². The SMILES string of the molecule is O=C(c1ccc(Cl)cc1)N1CCN(C(=O)c2occc2COc2ccccc2)CC1. The summed E-state index contributed by atoms with van der Waals surface area (Å²) in [5, 5.41) is 0.590. The van der Waals surface area contributed by atoms with E-state index in [-0.39, 0.29) is 24.2 Å². The van der Waals surface area contributed by atoms with Gasteiger partial charge in [0.15, 0.2) is 5.76 Å². The van der Waals surface area contributed by atoms with E-state index in [1.54, 1.807) is 40.1 Å². The van der Waals surface area contributed by atoms with Gasteiger partial charge in [0, 0.05) is 42.3 Å². The van der Waals surface area contributed by atoms with Crippen LogP contribution in [0.5, 0.6) is 5.75 Å². The average Bonchev–Trinajstić information content (AvgIpc) is 3.27. The molecule has 2 amide bonds. The molecule has 4 rings (SSSR count). The predicted octanol–water partition coefficient (Wildman–Crippen LogP) is 4.11. The van der Waals surface area contributed by atoms with Crippen LogP contribution in [0, 0.1) is 0 Å². The molecule has 1 fully saturated rings. The number of carbonyl (C=O) groups is 2. The summed E-state index contributed by atoms with van der Waals surface area (Å²) in [4.78, 5) is 29.0. The summed E-state index contributed by atoms with van der Waals surface area (Å²) in [5.74, 6) is 0.758. The van der Waals surface area contributed by atoms with Crippen LogP contribution in [0.4, 0.5) is 0 Å². The lowest BCUT2D eigenvalue weighted by Gasteiger charge is -2.34. The number of para-hydroxylation sites is 1. The number of hydrogen-bond donors (Lipinski definition) is 0. The van der Waals surface area contributed by atoms with Crippen LogP contribution in [0.2, 0.25) is 5.02 Å². The second-order valence-corrected chi connectivity index (χ2v) is 7.40. The molecule has 0 unspecified atom stereocenters. The van der Waals surface area contributed by atoms with Crippen molar-refractivity contribution < 1.29 is 18.7 Å². The number of hydrogen-bond acceptors (Lipinski definition) is 4. The van der Waals surface area contributed by atoms with Gasteiger partial charge >= 0.3 is 0 Å². The molecule has 2 heterocycles. The smallest absolute Gasteiger partial charge is 0.290 e. The Bertz CT molecular complexity index is 1010. The normalized spacial score (nSPS) is 13.9. The lowest BCUT2D eigenvalue weighted by Crippen LogP contribution is -2.50. The first-order valence-electron chi connectivity index (χ1n) is 9.70. The van der Waals surface area contributed by atoms with Crippen molar-refractivity contribution in [2.24, 2.45) is 0 Å². The van der Waals surface area contributed by atoms with E-state index in [0.717, 1.165) is 5.75 Å². The van der Waals surface area contributed by atoms with Gasteiger partial charge in [-0.05, 0) is 42.5 Å². The summed E-state index contributed by atoms with van der Waals surface area (Å²) in [6.07, 6.45) is 1.50. The average molecular weight is 425 g/mol. The fourth-order valence-corrected chi connectivity index (χ4v) is 3.47. The van der Waals surface area contributed by atoms with E-state index >= 15 is 0 Å². The number of benzene rings is 2. The van der Waals surface area contributed by atoms with E-state index in [1.807, 2.05) is 30.3 Å². The lowest BCUT2D eigenvalue weighted by molar-refractivity contribution is 0.0516. The van der Waals surface area contributed by atoms with Crippen LogP contribution >= 0.6 is 11.6 Å². The standard InChI is InChI=1S/C23H21ClN2O4/c24-19-8-6-17(7-9-19)22(27)25-11-13-26(14-12-25)23(28)21-18(10-15-29-21)16-30-20-4-2-1-3-5-20/h1-10,15H,11-14,16H2. The van der Waals surface area contributed by atoms with E-state index in [2.05, 4.69) is 0 Å². The van der Waals surface area contributed by atoms with Gasteiger partial charge in [-0.3, -0.25) is 9.59 Å². The topological polar surface area (TPSA) is 63.0 Å². The zero-order valence-corrected chi connectivity index (χ0v) is 17.0.